The highest BCUT2D eigenvalue weighted by Gasteiger charge is 2.49. The number of aryl methyl sites for hydroxylation is 1. The lowest BCUT2D eigenvalue weighted by Gasteiger charge is -2.35. The zero-order valence-electron chi connectivity index (χ0n) is 25.3. The van der Waals surface area contributed by atoms with Crippen LogP contribution in [0.15, 0.2) is 36.1 Å². The van der Waals surface area contributed by atoms with Crippen LogP contribution >= 0.6 is 0 Å². The van der Waals surface area contributed by atoms with Gasteiger partial charge in [0.25, 0.3) is 0 Å². The molecule has 13 heteroatoms. The molecule has 4 atom stereocenters. The molecular formula is C33H35F5N6O2. The number of nitrogens with zero attached hydrogens (tertiary/aromatic N) is 5. The number of nitrogens with one attached hydrogen (secondary N) is 1. The minimum Gasteiger partial charge on any atom is -0.508 e. The average molecular weight is 643 g/mol. The minimum absolute atomic E-state index is 0.00336. The number of anilines is 1. The van der Waals surface area contributed by atoms with Crippen molar-refractivity contribution >= 4 is 28.9 Å². The topological polar surface area (TPSA) is 86.6 Å². The van der Waals surface area contributed by atoms with Crippen molar-refractivity contribution in [2.45, 2.75) is 69.0 Å². The number of hydrogen-bond acceptors (Lipinski definition) is 8. The fraction of sp³-hybridized carbons (Fsp3) is 0.485. The van der Waals surface area contributed by atoms with Crippen LogP contribution in [-0.4, -0.2) is 81.5 Å². The molecule has 2 bridgehead atoms. The van der Waals surface area contributed by atoms with E-state index in [9.17, 15) is 22.7 Å². The van der Waals surface area contributed by atoms with Gasteiger partial charge in [-0.05, 0) is 75.1 Å². The number of alkyl halides is 4. The second kappa shape index (κ2) is 11.8. The van der Waals surface area contributed by atoms with Gasteiger partial charge in [-0.2, -0.15) is 23.1 Å². The van der Waals surface area contributed by atoms with E-state index in [1.165, 1.54) is 24.3 Å². The molecular weight excluding hydrogens is 607 g/mol. The summed E-state index contributed by atoms with van der Waals surface area (Å²) < 4.78 is 76.1. The number of aliphatic hydroxyl groups excluding tert-OH is 1. The van der Waals surface area contributed by atoms with Gasteiger partial charge in [-0.25, -0.2) is 13.8 Å². The van der Waals surface area contributed by atoms with E-state index in [4.69, 9.17) is 9.72 Å². The summed E-state index contributed by atoms with van der Waals surface area (Å²) in [6.45, 7) is 4.47. The summed E-state index contributed by atoms with van der Waals surface area (Å²) in [6, 6.07) is 5.09. The Kier molecular flexibility index (Phi) is 7.87. The molecule has 0 amide bonds. The Morgan fingerprint density at radius 2 is 1.93 bits per heavy atom. The molecule has 6 heterocycles. The zero-order valence-corrected chi connectivity index (χ0v) is 25.3. The quantitative estimate of drug-likeness (QED) is 0.185. The van der Waals surface area contributed by atoms with Crippen molar-refractivity contribution in [3.63, 3.8) is 0 Å². The standard InChI is InChI=1S/C33H35F5N6O2/c1-19-27-29(28(35)26(39-19)9-8-25(45)13-20-4-2-5-21(12-20)33(36,37)38)41-31(42-30(27)43-16-23-6-7-24(17-43)40-23)46-18-32-10-3-11-44(32)15-22(34)14-32/h2,4-5,8-9,12-13,22-24,40,45H,3,6-7,10-11,14-18H2,1H3/b9-8+,25-13+/t22-,23?,24?,32+/m1/s1. The summed E-state index contributed by atoms with van der Waals surface area (Å²) in [7, 11) is 0. The first kappa shape index (κ1) is 30.8. The molecule has 2 unspecified atom stereocenters. The number of pyridine rings is 1. The Labute approximate surface area is 263 Å². The molecule has 7 rings (SSSR count). The van der Waals surface area contributed by atoms with Crippen molar-refractivity contribution in [1.82, 2.24) is 25.2 Å². The van der Waals surface area contributed by atoms with Crippen molar-refractivity contribution in [1.29, 1.82) is 0 Å². The SMILES string of the molecule is Cc1nc(/C=C/C(O)=C\c2cccc(C(F)(F)F)c2)c(F)c2nc(OC[C@@]34CCCN3C[C@H](F)C4)nc(N3CC4CCC(C3)N4)c12. The van der Waals surface area contributed by atoms with Crippen molar-refractivity contribution in [2.24, 2.45) is 0 Å². The lowest BCUT2D eigenvalue weighted by atomic mass is 9.95. The summed E-state index contributed by atoms with van der Waals surface area (Å²) in [5.74, 6) is -0.605. The molecule has 8 nitrogen and oxygen atoms in total. The maximum absolute atomic E-state index is 16.2. The molecule has 46 heavy (non-hydrogen) atoms. The van der Waals surface area contributed by atoms with Crippen LogP contribution in [0, 0.1) is 12.7 Å². The van der Waals surface area contributed by atoms with Crippen LogP contribution < -0.4 is 15.0 Å². The third-order valence-electron chi connectivity index (χ3n) is 9.64. The van der Waals surface area contributed by atoms with Crippen LogP contribution in [-0.2, 0) is 6.18 Å². The monoisotopic (exact) mass is 642 g/mol. The van der Waals surface area contributed by atoms with E-state index in [1.807, 2.05) is 0 Å². The van der Waals surface area contributed by atoms with Crippen LogP contribution in [0.4, 0.5) is 27.8 Å². The summed E-state index contributed by atoms with van der Waals surface area (Å²) >= 11 is 0. The van der Waals surface area contributed by atoms with E-state index >= 15 is 4.39 Å². The second-order valence-electron chi connectivity index (χ2n) is 12.9. The van der Waals surface area contributed by atoms with Gasteiger partial charge < -0.3 is 20.1 Å². The van der Waals surface area contributed by atoms with Gasteiger partial charge in [0.05, 0.1) is 22.2 Å². The molecule has 0 aliphatic carbocycles. The number of fused-ring (bicyclic) bond motifs is 4. The van der Waals surface area contributed by atoms with Gasteiger partial charge in [-0.1, -0.05) is 12.1 Å². The largest absolute Gasteiger partial charge is 0.508 e. The van der Waals surface area contributed by atoms with Crippen LogP contribution in [0.2, 0.25) is 0 Å². The lowest BCUT2D eigenvalue weighted by molar-refractivity contribution is -0.137. The molecule has 244 valence electrons. The van der Waals surface area contributed by atoms with Crippen LogP contribution in [0.3, 0.4) is 0 Å². The third kappa shape index (κ3) is 5.90. The van der Waals surface area contributed by atoms with Gasteiger partial charge in [0, 0.05) is 38.1 Å². The first-order valence-electron chi connectivity index (χ1n) is 15.6. The first-order valence-corrected chi connectivity index (χ1v) is 15.6. The van der Waals surface area contributed by atoms with E-state index in [2.05, 4.69) is 25.1 Å². The van der Waals surface area contributed by atoms with Gasteiger partial charge in [-0.3, -0.25) is 4.90 Å². The molecule has 4 fully saturated rings. The molecule has 1 aromatic carbocycles. The fourth-order valence-corrected chi connectivity index (χ4v) is 7.54. The number of ether oxygens (including phenoxy) is 1. The molecule has 4 aliphatic rings. The minimum atomic E-state index is -4.53. The first-order chi connectivity index (χ1) is 22.0. The predicted octanol–water partition coefficient (Wildman–Crippen LogP) is 6.00. The van der Waals surface area contributed by atoms with E-state index in [0.717, 1.165) is 50.4 Å². The van der Waals surface area contributed by atoms with Crippen LogP contribution in [0.5, 0.6) is 6.01 Å². The number of aromatic nitrogens is 3. The number of rotatable bonds is 7. The predicted molar refractivity (Wildman–Crippen MR) is 164 cm³/mol. The van der Waals surface area contributed by atoms with E-state index in [1.54, 1.807) is 6.92 Å². The van der Waals surface area contributed by atoms with Crippen LogP contribution in [0.1, 0.15) is 54.6 Å². The highest BCUT2D eigenvalue weighted by Crippen LogP contribution is 2.41. The molecule has 0 radical (unpaired) electrons. The number of halogens is 5. The number of aliphatic hydroxyl groups is 1. The summed E-state index contributed by atoms with van der Waals surface area (Å²) in [5.41, 5.74) is -0.778. The number of allylic oxidation sites excluding steroid dienone is 1. The summed E-state index contributed by atoms with van der Waals surface area (Å²) in [6.07, 6.45) is 2.33. The van der Waals surface area contributed by atoms with Crippen LogP contribution in [0.25, 0.3) is 23.1 Å². The Morgan fingerprint density at radius 1 is 1.15 bits per heavy atom. The van der Waals surface area contributed by atoms with Gasteiger partial charge in [0.2, 0.25) is 0 Å². The Bertz CT molecular complexity index is 1700. The van der Waals surface area contributed by atoms with Crippen molar-refractivity contribution in [3.8, 4) is 6.01 Å². The molecule has 0 saturated carbocycles. The number of hydrogen-bond donors (Lipinski definition) is 2. The van der Waals surface area contributed by atoms with Gasteiger partial charge in [0.1, 0.15) is 35.6 Å². The third-order valence-corrected chi connectivity index (χ3v) is 9.64. The molecule has 4 aliphatic heterocycles. The van der Waals surface area contributed by atoms with Crippen molar-refractivity contribution in [3.05, 3.63) is 64.4 Å². The highest BCUT2D eigenvalue weighted by atomic mass is 19.4. The fourth-order valence-electron chi connectivity index (χ4n) is 7.54. The molecule has 4 saturated heterocycles. The Balaban J connectivity index is 1.23. The maximum Gasteiger partial charge on any atom is 0.416 e. The van der Waals surface area contributed by atoms with E-state index in [0.29, 0.717) is 43.0 Å². The van der Waals surface area contributed by atoms with E-state index < -0.39 is 29.3 Å². The molecule has 2 aromatic heterocycles. The lowest BCUT2D eigenvalue weighted by Crippen LogP contribution is -2.51. The molecule has 3 aromatic rings. The van der Waals surface area contributed by atoms with Gasteiger partial charge >= 0.3 is 12.2 Å². The number of piperazine rings is 1. The summed E-state index contributed by atoms with van der Waals surface area (Å²) in [4.78, 5) is 18.0. The van der Waals surface area contributed by atoms with Crippen molar-refractivity contribution in [2.75, 3.05) is 37.7 Å². The normalized spacial score (nSPS) is 26.9. The second-order valence-corrected chi connectivity index (χ2v) is 12.9. The van der Waals surface area contributed by atoms with E-state index in [-0.39, 0.29) is 47.2 Å². The molecule has 2 N–H and O–H groups in total. The smallest absolute Gasteiger partial charge is 0.416 e. The number of benzene rings is 1. The zero-order chi connectivity index (χ0) is 32.2. The van der Waals surface area contributed by atoms with Gasteiger partial charge in [-0.15, -0.1) is 0 Å². The average Bonchev–Trinajstić information content (AvgIpc) is 3.66. The Hall–Kier alpha value is -3.84. The summed E-state index contributed by atoms with van der Waals surface area (Å²) in [5, 5.41) is 14.5. The van der Waals surface area contributed by atoms with Gasteiger partial charge in [0.15, 0.2) is 5.82 Å². The maximum atomic E-state index is 16.2. The molecule has 0 spiro atoms. The Morgan fingerprint density at radius 3 is 2.70 bits per heavy atom. The van der Waals surface area contributed by atoms with Crippen molar-refractivity contribution < 1.29 is 31.8 Å². The highest BCUT2D eigenvalue weighted by molar-refractivity contribution is 5.93.